The maximum atomic E-state index is 5.50. The molecule has 1 aromatic rings. The summed E-state index contributed by atoms with van der Waals surface area (Å²) >= 11 is 0. The van der Waals surface area contributed by atoms with Crippen molar-refractivity contribution in [2.45, 2.75) is 39.7 Å². The normalized spacial score (nSPS) is 12.6. The Kier molecular flexibility index (Phi) is 4.81. The Morgan fingerprint density at radius 2 is 2.00 bits per heavy atom. The topological polar surface area (TPSA) is 21.3 Å². The minimum atomic E-state index is 0.548. The Balaban J connectivity index is 2.84. The van der Waals surface area contributed by atoms with Crippen molar-refractivity contribution in [3.63, 3.8) is 0 Å². The number of nitrogens with one attached hydrogen (secondary N) is 1. The molecule has 1 rings (SSSR count). The Bertz CT molecular complexity index is 347. The first kappa shape index (κ1) is 13.0. The smallest absolute Gasteiger partial charge is 0.125 e. The van der Waals surface area contributed by atoms with Gasteiger partial charge in [-0.2, -0.15) is 0 Å². The van der Waals surface area contributed by atoms with E-state index >= 15 is 0 Å². The summed E-state index contributed by atoms with van der Waals surface area (Å²) in [5, 5.41) is 3.26. The fourth-order valence-corrected chi connectivity index (χ4v) is 1.84. The summed E-state index contributed by atoms with van der Waals surface area (Å²) in [5.41, 5.74) is 3.87. The second-order valence-corrected chi connectivity index (χ2v) is 4.43. The molecular weight excluding hydrogens is 198 g/mol. The van der Waals surface area contributed by atoms with Crippen molar-refractivity contribution in [2.24, 2.45) is 0 Å². The molecule has 2 heteroatoms. The molecule has 0 aliphatic rings. The maximum Gasteiger partial charge on any atom is 0.125 e. The molecular formula is C14H23NO. The van der Waals surface area contributed by atoms with E-state index in [1.165, 1.54) is 16.7 Å². The second kappa shape index (κ2) is 5.90. The summed E-state index contributed by atoms with van der Waals surface area (Å²) in [6.07, 6.45) is 2.20. The number of hydrogen-bond donors (Lipinski definition) is 1. The van der Waals surface area contributed by atoms with E-state index in [1.807, 2.05) is 7.05 Å². The first-order chi connectivity index (χ1) is 7.60. The molecule has 0 fully saturated rings. The molecule has 0 aromatic heterocycles. The summed E-state index contributed by atoms with van der Waals surface area (Å²) in [5.74, 6) is 1.06. The van der Waals surface area contributed by atoms with Gasteiger partial charge >= 0.3 is 0 Å². The molecule has 90 valence electrons. The quantitative estimate of drug-likeness (QED) is 0.825. The molecule has 1 unspecified atom stereocenters. The first-order valence-electron chi connectivity index (χ1n) is 5.90. The van der Waals surface area contributed by atoms with E-state index < -0.39 is 0 Å². The molecule has 16 heavy (non-hydrogen) atoms. The van der Waals surface area contributed by atoms with E-state index in [2.05, 4.69) is 38.2 Å². The lowest BCUT2D eigenvalue weighted by molar-refractivity contribution is 0.404. The predicted octanol–water partition coefficient (Wildman–Crippen LogP) is 2.85. The van der Waals surface area contributed by atoms with E-state index in [-0.39, 0.29) is 0 Å². The zero-order valence-corrected chi connectivity index (χ0v) is 11.1. The van der Waals surface area contributed by atoms with Gasteiger partial charge in [0.1, 0.15) is 5.75 Å². The van der Waals surface area contributed by atoms with Crippen LogP contribution < -0.4 is 10.1 Å². The molecule has 1 aromatic carbocycles. The summed E-state index contributed by atoms with van der Waals surface area (Å²) in [4.78, 5) is 0. The fraction of sp³-hybridized carbons (Fsp3) is 0.571. The highest BCUT2D eigenvalue weighted by Crippen LogP contribution is 2.27. The minimum absolute atomic E-state index is 0.548. The van der Waals surface area contributed by atoms with Gasteiger partial charge in [-0.15, -0.1) is 0 Å². The van der Waals surface area contributed by atoms with Crippen LogP contribution in [0.1, 0.15) is 30.0 Å². The van der Waals surface area contributed by atoms with E-state index in [0.29, 0.717) is 6.04 Å². The van der Waals surface area contributed by atoms with Crippen LogP contribution in [0.5, 0.6) is 5.75 Å². The van der Waals surface area contributed by atoms with Gasteiger partial charge in [0.05, 0.1) is 7.11 Å². The summed E-state index contributed by atoms with van der Waals surface area (Å²) in [6.45, 7) is 6.45. The van der Waals surface area contributed by atoms with E-state index in [4.69, 9.17) is 4.74 Å². The van der Waals surface area contributed by atoms with Gasteiger partial charge in [0.15, 0.2) is 0 Å². The van der Waals surface area contributed by atoms with Crippen molar-refractivity contribution in [1.29, 1.82) is 0 Å². The maximum absolute atomic E-state index is 5.50. The third-order valence-electron chi connectivity index (χ3n) is 3.30. The summed E-state index contributed by atoms with van der Waals surface area (Å²) in [7, 11) is 3.76. The standard InChI is InChI=1S/C14H23NO/c1-10-6-8-13(9-7-11(2)15-4)14(16-5)12(10)3/h6,8,11,15H,7,9H2,1-5H3. The number of hydrogen-bond acceptors (Lipinski definition) is 2. The van der Waals surface area contributed by atoms with Gasteiger partial charge in [0, 0.05) is 6.04 Å². The highest BCUT2D eigenvalue weighted by atomic mass is 16.5. The van der Waals surface area contributed by atoms with Crippen LogP contribution in [0.2, 0.25) is 0 Å². The van der Waals surface area contributed by atoms with Crippen molar-refractivity contribution in [2.75, 3.05) is 14.2 Å². The lowest BCUT2D eigenvalue weighted by Crippen LogP contribution is -2.21. The Morgan fingerprint density at radius 1 is 1.31 bits per heavy atom. The molecule has 0 aliphatic carbocycles. The Labute approximate surface area is 99.0 Å². The number of methoxy groups -OCH3 is 1. The van der Waals surface area contributed by atoms with Gasteiger partial charge in [-0.3, -0.25) is 0 Å². The molecule has 0 aliphatic heterocycles. The average Bonchev–Trinajstić information content (AvgIpc) is 2.30. The molecule has 0 heterocycles. The Morgan fingerprint density at radius 3 is 2.56 bits per heavy atom. The van der Waals surface area contributed by atoms with Gasteiger partial charge in [0.2, 0.25) is 0 Å². The van der Waals surface area contributed by atoms with E-state index in [0.717, 1.165) is 18.6 Å². The van der Waals surface area contributed by atoms with Gasteiger partial charge in [-0.25, -0.2) is 0 Å². The van der Waals surface area contributed by atoms with Crippen LogP contribution in [0.15, 0.2) is 12.1 Å². The van der Waals surface area contributed by atoms with Crippen molar-refractivity contribution < 1.29 is 4.74 Å². The number of rotatable bonds is 5. The lowest BCUT2D eigenvalue weighted by Gasteiger charge is -2.15. The van der Waals surface area contributed by atoms with Gasteiger partial charge in [-0.1, -0.05) is 12.1 Å². The zero-order valence-electron chi connectivity index (χ0n) is 11.1. The van der Waals surface area contributed by atoms with Crippen LogP contribution >= 0.6 is 0 Å². The largest absolute Gasteiger partial charge is 0.496 e. The predicted molar refractivity (Wildman–Crippen MR) is 69.3 cm³/mol. The van der Waals surface area contributed by atoms with Crippen LogP contribution in [0.3, 0.4) is 0 Å². The van der Waals surface area contributed by atoms with Gasteiger partial charge in [0.25, 0.3) is 0 Å². The molecule has 0 amide bonds. The van der Waals surface area contributed by atoms with Crippen molar-refractivity contribution >= 4 is 0 Å². The second-order valence-electron chi connectivity index (χ2n) is 4.43. The fourth-order valence-electron chi connectivity index (χ4n) is 1.84. The van der Waals surface area contributed by atoms with Crippen LogP contribution in [-0.4, -0.2) is 20.2 Å². The highest BCUT2D eigenvalue weighted by molar-refractivity contribution is 5.45. The molecule has 1 N–H and O–H groups in total. The van der Waals surface area contributed by atoms with Gasteiger partial charge in [-0.05, 0) is 57.4 Å². The lowest BCUT2D eigenvalue weighted by atomic mass is 9.99. The third kappa shape index (κ3) is 2.99. The van der Waals surface area contributed by atoms with Crippen LogP contribution in [0.25, 0.3) is 0 Å². The summed E-state index contributed by atoms with van der Waals surface area (Å²) < 4.78 is 5.50. The molecule has 0 saturated heterocycles. The van der Waals surface area contributed by atoms with E-state index in [1.54, 1.807) is 7.11 Å². The highest BCUT2D eigenvalue weighted by Gasteiger charge is 2.09. The first-order valence-corrected chi connectivity index (χ1v) is 5.90. The Hall–Kier alpha value is -1.02. The molecule has 2 nitrogen and oxygen atoms in total. The van der Waals surface area contributed by atoms with Crippen LogP contribution in [0.4, 0.5) is 0 Å². The number of benzene rings is 1. The van der Waals surface area contributed by atoms with Crippen LogP contribution in [0, 0.1) is 13.8 Å². The minimum Gasteiger partial charge on any atom is -0.496 e. The monoisotopic (exact) mass is 221 g/mol. The van der Waals surface area contributed by atoms with Crippen molar-refractivity contribution in [3.05, 3.63) is 28.8 Å². The van der Waals surface area contributed by atoms with Gasteiger partial charge < -0.3 is 10.1 Å². The average molecular weight is 221 g/mol. The number of ether oxygens (including phenoxy) is 1. The van der Waals surface area contributed by atoms with Crippen molar-refractivity contribution in [1.82, 2.24) is 5.32 Å². The molecule has 0 saturated carbocycles. The summed E-state index contributed by atoms with van der Waals surface area (Å²) in [6, 6.07) is 4.91. The molecule has 0 radical (unpaired) electrons. The number of aryl methyl sites for hydroxylation is 2. The molecule has 0 spiro atoms. The van der Waals surface area contributed by atoms with E-state index in [9.17, 15) is 0 Å². The molecule has 1 atom stereocenters. The third-order valence-corrected chi connectivity index (χ3v) is 3.30. The molecule has 0 bridgehead atoms. The zero-order chi connectivity index (χ0) is 12.1. The van der Waals surface area contributed by atoms with Crippen molar-refractivity contribution in [3.8, 4) is 5.75 Å². The van der Waals surface area contributed by atoms with Crippen LogP contribution in [-0.2, 0) is 6.42 Å². The SMILES string of the molecule is CNC(C)CCc1ccc(C)c(C)c1OC.